The Labute approximate surface area is 520 Å². The molecule has 0 radical (unpaired) electrons. The van der Waals surface area contributed by atoms with Crippen LogP contribution < -0.4 is 4.90 Å². The highest BCUT2D eigenvalue weighted by molar-refractivity contribution is 6.19. The molecule has 6 nitrogen and oxygen atoms in total. The van der Waals surface area contributed by atoms with Gasteiger partial charge in [-0.05, 0) is 152 Å². The number of fused-ring (bicyclic) bond motifs is 16. The van der Waals surface area contributed by atoms with Crippen molar-refractivity contribution in [1.82, 2.24) is 9.13 Å². The summed E-state index contributed by atoms with van der Waals surface area (Å²) in [6.45, 7) is 0. The van der Waals surface area contributed by atoms with Gasteiger partial charge in [0.2, 0.25) is 0 Å². The number of para-hydroxylation sites is 5. The lowest BCUT2D eigenvalue weighted by molar-refractivity contribution is 1.10. The molecule has 0 N–H and O–H groups in total. The van der Waals surface area contributed by atoms with Crippen molar-refractivity contribution in [2.24, 2.45) is 9.98 Å². The first-order valence-corrected chi connectivity index (χ1v) is 31.0. The van der Waals surface area contributed by atoms with E-state index in [9.17, 15) is 5.26 Å². The van der Waals surface area contributed by atoms with Crippen molar-refractivity contribution in [3.8, 4) is 62.0 Å². The first-order valence-electron chi connectivity index (χ1n) is 31.0. The molecule has 0 bridgehead atoms. The van der Waals surface area contributed by atoms with Gasteiger partial charge in [0.05, 0.1) is 62.3 Å². The molecule has 6 heteroatoms. The molecule has 0 fully saturated rings. The Morgan fingerprint density at radius 2 is 0.756 bits per heavy atom. The van der Waals surface area contributed by atoms with Crippen LogP contribution in [0.5, 0.6) is 0 Å². The normalized spacial score (nSPS) is 15.8. The van der Waals surface area contributed by atoms with Crippen LogP contribution in [0.3, 0.4) is 0 Å². The van der Waals surface area contributed by atoms with Gasteiger partial charge in [-0.1, -0.05) is 212 Å². The number of hydrogen-bond donors (Lipinski definition) is 0. The molecule has 5 heterocycles. The van der Waals surface area contributed by atoms with Crippen LogP contribution in [0.1, 0.15) is 56.7 Å². The summed E-state index contributed by atoms with van der Waals surface area (Å²) in [5.74, 6) is 0.716. The maximum absolute atomic E-state index is 12.7. The van der Waals surface area contributed by atoms with Crippen molar-refractivity contribution < 1.29 is 0 Å². The lowest BCUT2D eigenvalue weighted by Gasteiger charge is -2.24. The molecule has 3 aliphatic heterocycles. The fourth-order valence-corrected chi connectivity index (χ4v) is 15.7. The number of rotatable bonds is 8. The van der Waals surface area contributed by atoms with E-state index in [1.165, 1.54) is 38.9 Å². The number of nitrogens with zero attached hydrogens (tertiary/aromatic N) is 6. The van der Waals surface area contributed by atoms with Crippen molar-refractivity contribution in [3.63, 3.8) is 0 Å². The Kier molecular flexibility index (Phi) is 10.9. The number of hydrogen-bond acceptors (Lipinski definition) is 4. The van der Waals surface area contributed by atoms with E-state index in [0.717, 1.165) is 128 Å². The average molecular weight is 1150 g/mol. The molecule has 19 rings (SSSR count). The number of anilines is 2. The lowest BCUT2D eigenvalue weighted by atomic mass is 9.86. The second kappa shape index (κ2) is 19.6. The molecule has 4 aliphatic rings. The molecule has 0 saturated heterocycles. The second-order valence-electron chi connectivity index (χ2n) is 24.2. The third-order valence-electron chi connectivity index (χ3n) is 19.5. The smallest absolute Gasteiger partial charge is 0.126 e. The summed E-state index contributed by atoms with van der Waals surface area (Å²) in [7, 11) is 0. The number of benzene rings is 13. The molecule has 3 atom stereocenters. The van der Waals surface area contributed by atoms with Gasteiger partial charge in [0, 0.05) is 50.0 Å². The van der Waals surface area contributed by atoms with E-state index in [1.54, 1.807) is 0 Å². The van der Waals surface area contributed by atoms with Gasteiger partial charge in [0.1, 0.15) is 17.5 Å². The van der Waals surface area contributed by atoms with E-state index in [1.807, 2.05) is 0 Å². The van der Waals surface area contributed by atoms with Crippen LogP contribution in [-0.4, -0.2) is 20.7 Å². The maximum Gasteiger partial charge on any atom is 0.126 e. The van der Waals surface area contributed by atoms with E-state index in [4.69, 9.17) is 9.98 Å². The minimum Gasteiger partial charge on any atom is -0.307 e. The van der Waals surface area contributed by atoms with Crippen molar-refractivity contribution >= 4 is 77.9 Å². The fourth-order valence-electron chi connectivity index (χ4n) is 15.7. The van der Waals surface area contributed by atoms with Crippen LogP contribution >= 0.6 is 0 Å². The first kappa shape index (κ1) is 50.3. The zero-order valence-electron chi connectivity index (χ0n) is 48.7. The van der Waals surface area contributed by atoms with Crippen molar-refractivity contribution in [2.75, 3.05) is 4.90 Å². The Morgan fingerprint density at radius 3 is 1.29 bits per heavy atom. The minimum absolute atomic E-state index is 0.0110. The molecule has 90 heavy (non-hydrogen) atoms. The van der Waals surface area contributed by atoms with Crippen molar-refractivity contribution in [3.05, 3.63) is 336 Å². The van der Waals surface area contributed by atoms with Gasteiger partial charge in [0.25, 0.3) is 0 Å². The molecule has 15 aromatic rings. The van der Waals surface area contributed by atoms with Gasteiger partial charge in [-0.3, -0.25) is 9.89 Å². The predicted molar refractivity (Wildman–Crippen MR) is 369 cm³/mol. The van der Waals surface area contributed by atoms with E-state index in [-0.39, 0.29) is 17.8 Å². The Balaban J connectivity index is 0.895. The Hall–Kier alpha value is -11.9. The largest absolute Gasteiger partial charge is 0.307 e. The third kappa shape index (κ3) is 7.32. The lowest BCUT2D eigenvalue weighted by Crippen LogP contribution is -2.22. The van der Waals surface area contributed by atoms with Gasteiger partial charge in [-0.2, -0.15) is 5.26 Å². The highest BCUT2D eigenvalue weighted by Gasteiger charge is 2.45. The minimum atomic E-state index is -0.162. The molecule has 13 aromatic carbocycles. The van der Waals surface area contributed by atoms with Gasteiger partial charge >= 0.3 is 0 Å². The molecular formula is C84H52N6. The number of aliphatic imine (C=N–C) groups is 2. The molecule has 0 saturated carbocycles. The predicted octanol–water partition coefficient (Wildman–Crippen LogP) is 21.1. The van der Waals surface area contributed by atoms with Gasteiger partial charge in [0.15, 0.2) is 0 Å². The molecule has 3 unspecified atom stereocenters. The zero-order chi connectivity index (χ0) is 59.1. The van der Waals surface area contributed by atoms with Crippen LogP contribution in [0, 0.1) is 11.3 Å². The fraction of sp³-hybridized carbons (Fsp3) is 0.0357. The van der Waals surface area contributed by atoms with Crippen molar-refractivity contribution in [1.29, 1.82) is 5.26 Å². The number of aromatic nitrogens is 2. The summed E-state index contributed by atoms with van der Waals surface area (Å²) < 4.78 is 4.74. The SMILES string of the molecule is N#Cc1c(-n2c3ccccc3c3ccccc32)c(-c2ccc3c(c2)C2C(=N3)C(c3ccccc3)c3ccc(-c4ccccc4)cc32)cc(-c2ccc3c(c2)C2C(=N3)N(c3ccccc3)c3ccc(-c4ccccc4)cc32)c1-n1c2ccccc2c2ccccc21. The van der Waals surface area contributed by atoms with Crippen LogP contribution in [0.2, 0.25) is 0 Å². The van der Waals surface area contributed by atoms with E-state index < -0.39 is 0 Å². The molecule has 2 aromatic heterocycles. The molecule has 418 valence electrons. The van der Waals surface area contributed by atoms with Crippen LogP contribution in [0.4, 0.5) is 22.7 Å². The van der Waals surface area contributed by atoms with Gasteiger partial charge < -0.3 is 9.13 Å². The van der Waals surface area contributed by atoms with Crippen LogP contribution in [0.15, 0.2) is 307 Å². The number of amidine groups is 1. The highest BCUT2D eigenvalue weighted by atomic mass is 15.2. The van der Waals surface area contributed by atoms with E-state index in [0.29, 0.717) is 5.56 Å². The molecule has 1 aliphatic carbocycles. The highest BCUT2D eigenvalue weighted by Crippen LogP contribution is 2.57. The average Bonchev–Trinajstić information content (AvgIpc) is 1.61. The van der Waals surface area contributed by atoms with Gasteiger partial charge in [-0.25, -0.2) is 4.99 Å². The molecule has 0 spiro atoms. The summed E-state index contributed by atoms with van der Waals surface area (Å²) in [6, 6.07) is 111. The maximum atomic E-state index is 12.7. The standard InChI is InChI=1S/C84H52N6/c85-50-70-82(89-73-33-17-13-29-59(73)60-30-14-18-34-74(60)89)64(56-38-42-71-67(47-56)79-66-45-54(51-21-5-1-6-22-51)37-41-63(66)78(81(79)86-71)53-25-9-3-10-26-53)49-65(83(70)90-75-35-19-15-31-61(75)62-32-16-20-36-76(62)90)57-39-43-72-68(48-57)80-69-46-55(52-23-7-2-8-24-52)40-44-77(69)88(84(80)87-72)58-27-11-4-12-28-58/h1-49,78-80H. The monoisotopic (exact) mass is 1140 g/mol. The summed E-state index contributed by atoms with van der Waals surface area (Å²) >= 11 is 0. The zero-order valence-corrected chi connectivity index (χ0v) is 48.7. The van der Waals surface area contributed by atoms with Crippen LogP contribution in [0.25, 0.3) is 99.5 Å². The molecule has 0 amide bonds. The topological polar surface area (TPSA) is 61.6 Å². The Morgan fingerprint density at radius 1 is 0.322 bits per heavy atom. The van der Waals surface area contributed by atoms with E-state index >= 15 is 0 Å². The van der Waals surface area contributed by atoms with Gasteiger partial charge in [-0.15, -0.1) is 0 Å². The number of nitriles is 1. The molecular weight excluding hydrogens is 1090 g/mol. The Bertz CT molecular complexity index is 5180. The summed E-state index contributed by atoms with van der Waals surface area (Å²) in [5.41, 5.74) is 27.4. The first-order chi connectivity index (χ1) is 44.6. The summed E-state index contributed by atoms with van der Waals surface area (Å²) in [5, 5.41) is 17.2. The van der Waals surface area contributed by atoms with E-state index in [2.05, 4.69) is 317 Å². The summed E-state index contributed by atoms with van der Waals surface area (Å²) in [4.78, 5) is 13.6. The quantitative estimate of drug-likeness (QED) is 0.152. The van der Waals surface area contributed by atoms with Crippen molar-refractivity contribution in [2.45, 2.75) is 17.8 Å². The second-order valence-corrected chi connectivity index (χ2v) is 24.2. The third-order valence-corrected chi connectivity index (χ3v) is 19.5. The van der Waals surface area contributed by atoms with Crippen LogP contribution in [-0.2, 0) is 0 Å². The summed E-state index contributed by atoms with van der Waals surface area (Å²) in [6.07, 6.45) is 0.